The van der Waals surface area contributed by atoms with E-state index >= 15 is 0 Å². The Hall–Kier alpha value is -2.55. The lowest BCUT2D eigenvalue weighted by Crippen LogP contribution is -2.30. The Morgan fingerprint density at radius 1 is 1.03 bits per heavy atom. The zero-order chi connectivity index (χ0) is 22.8. The van der Waals surface area contributed by atoms with E-state index in [4.69, 9.17) is 0 Å². The second-order valence-corrected chi connectivity index (χ2v) is 9.67. The van der Waals surface area contributed by atoms with Gasteiger partial charge in [0.25, 0.3) is 10.0 Å². The van der Waals surface area contributed by atoms with E-state index in [-0.39, 0.29) is 22.4 Å². The van der Waals surface area contributed by atoms with Gasteiger partial charge in [-0.25, -0.2) is 8.42 Å². The minimum absolute atomic E-state index is 0.0694. The van der Waals surface area contributed by atoms with Gasteiger partial charge >= 0.3 is 6.18 Å². The summed E-state index contributed by atoms with van der Waals surface area (Å²) < 4.78 is 66.3. The first-order chi connectivity index (χ1) is 14.5. The number of nitrogens with one attached hydrogen (secondary N) is 2. The third kappa shape index (κ3) is 5.58. The summed E-state index contributed by atoms with van der Waals surface area (Å²) in [5.41, 5.74) is -0.274. The summed E-state index contributed by atoms with van der Waals surface area (Å²) in [4.78, 5) is 12.5. The van der Waals surface area contributed by atoms with Crippen molar-refractivity contribution in [3.05, 3.63) is 53.6 Å². The van der Waals surface area contributed by atoms with Gasteiger partial charge in [-0.15, -0.1) is 0 Å². The quantitative estimate of drug-likeness (QED) is 0.619. The number of hydrogen-bond donors (Lipinski definition) is 2. The van der Waals surface area contributed by atoms with Crippen LogP contribution in [0.25, 0.3) is 0 Å². The van der Waals surface area contributed by atoms with Crippen LogP contribution in [0.5, 0.6) is 0 Å². The molecule has 3 rings (SSSR count). The van der Waals surface area contributed by atoms with E-state index in [0.717, 1.165) is 43.9 Å². The van der Waals surface area contributed by atoms with Gasteiger partial charge in [0.15, 0.2) is 0 Å². The monoisotopic (exact) mass is 454 g/mol. The summed E-state index contributed by atoms with van der Waals surface area (Å²) in [6.45, 7) is 3.63. The van der Waals surface area contributed by atoms with Crippen molar-refractivity contribution in [2.24, 2.45) is 11.8 Å². The number of aryl methyl sites for hydroxylation is 1. The summed E-state index contributed by atoms with van der Waals surface area (Å²) in [7, 11) is -4.11. The average Bonchev–Trinajstić information content (AvgIpc) is 2.67. The summed E-state index contributed by atoms with van der Waals surface area (Å²) in [5.74, 6) is 0.149. The number of rotatable bonds is 5. The first-order valence-corrected chi connectivity index (χ1v) is 11.6. The van der Waals surface area contributed by atoms with E-state index in [0.29, 0.717) is 17.2 Å². The molecule has 1 fully saturated rings. The van der Waals surface area contributed by atoms with Crippen LogP contribution in [0.15, 0.2) is 47.4 Å². The largest absolute Gasteiger partial charge is 0.416 e. The van der Waals surface area contributed by atoms with Crippen LogP contribution >= 0.6 is 0 Å². The molecule has 1 aliphatic carbocycles. The van der Waals surface area contributed by atoms with Crippen LogP contribution in [0.2, 0.25) is 0 Å². The van der Waals surface area contributed by atoms with Crippen LogP contribution in [0.1, 0.15) is 43.7 Å². The van der Waals surface area contributed by atoms with Gasteiger partial charge in [0.2, 0.25) is 5.91 Å². The number of carbonyl (C=O) groups is 1. The molecule has 0 radical (unpaired) electrons. The standard InChI is InChI=1S/C22H25F3N2O3S/c1-14-6-3-4-9-19(14)21(28)26-17-10-11-20(15(2)12-17)31(29,30)27-18-8-5-7-16(13-18)22(23,24)25/h5,7-8,10-14,19,27H,3-4,6,9H2,1-2H3,(H,26,28). The van der Waals surface area contributed by atoms with Crippen LogP contribution in [0.3, 0.4) is 0 Å². The second-order valence-electron chi connectivity index (χ2n) is 8.02. The van der Waals surface area contributed by atoms with E-state index in [1.165, 1.54) is 18.2 Å². The maximum atomic E-state index is 12.9. The molecule has 31 heavy (non-hydrogen) atoms. The van der Waals surface area contributed by atoms with Crippen molar-refractivity contribution in [3.63, 3.8) is 0 Å². The van der Waals surface area contributed by atoms with E-state index < -0.39 is 21.8 Å². The highest BCUT2D eigenvalue weighted by Crippen LogP contribution is 2.32. The molecule has 2 N–H and O–H groups in total. The number of carbonyl (C=O) groups excluding carboxylic acids is 1. The molecule has 2 atom stereocenters. The Bertz CT molecular complexity index is 1070. The highest BCUT2D eigenvalue weighted by Gasteiger charge is 2.31. The van der Waals surface area contributed by atoms with E-state index in [1.54, 1.807) is 13.0 Å². The number of anilines is 2. The molecule has 1 amide bonds. The van der Waals surface area contributed by atoms with Crippen molar-refractivity contribution >= 4 is 27.3 Å². The Labute approximate surface area is 180 Å². The molecular weight excluding hydrogens is 429 g/mol. The molecule has 0 saturated heterocycles. The molecule has 0 spiro atoms. The summed E-state index contributed by atoms with van der Waals surface area (Å²) >= 11 is 0. The molecule has 0 aliphatic heterocycles. The Kier molecular flexibility index (Phi) is 6.64. The lowest BCUT2D eigenvalue weighted by atomic mass is 9.80. The maximum absolute atomic E-state index is 12.9. The van der Waals surface area contributed by atoms with Gasteiger partial charge in [-0.2, -0.15) is 13.2 Å². The molecular formula is C22H25F3N2O3S. The van der Waals surface area contributed by atoms with Crippen LogP contribution in [-0.2, 0) is 21.0 Å². The van der Waals surface area contributed by atoms with E-state index in [2.05, 4.69) is 17.0 Å². The SMILES string of the molecule is Cc1cc(NC(=O)C2CCCCC2C)ccc1S(=O)(=O)Nc1cccc(C(F)(F)F)c1. The zero-order valence-corrected chi connectivity index (χ0v) is 18.1. The van der Waals surface area contributed by atoms with Gasteiger partial charge in [0.05, 0.1) is 10.5 Å². The third-order valence-electron chi connectivity index (χ3n) is 5.62. The van der Waals surface area contributed by atoms with Gasteiger partial charge in [-0.3, -0.25) is 9.52 Å². The van der Waals surface area contributed by atoms with Crippen molar-refractivity contribution in [1.82, 2.24) is 0 Å². The molecule has 1 saturated carbocycles. The third-order valence-corrected chi connectivity index (χ3v) is 7.16. The zero-order valence-electron chi connectivity index (χ0n) is 17.3. The topological polar surface area (TPSA) is 75.3 Å². The normalized spacial score (nSPS) is 19.6. The lowest BCUT2D eigenvalue weighted by molar-refractivity contribution is -0.137. The molecule has 0 bridgehead atoms. The number of halogens is 3. The van der Waals surface area contributed by atoms with Crippen LogP contribution in [-0.4, -0.2) is 14.3 Å². The molecule has 5 nitrogen and oxygen atoms in total. The number of alkyl halides is 3. The summed E-state index contributed by atoms with van der Waals surface area (Å²) in [6, 6.07) is 8.37. The van der Waals surface area contributed by atoms with Crippen molar-refractivity contribution in [2.75, 3.05) is 10.0 Å². The van der Waals surface area contributed by atoms with Gasteiger partial charge < -0.3 is 5.32 Å². The predicted octanol–water partition coefficient (Wildman–Crippen LogP) is 5.58. The van der Waals surface area contributed by atoms with Gasteiger partial charge in [-0.05, 0) is 67.6 Å². The van der Waals surface area contributed by atoms with Gasteiger partial charge in [0.1, 0.15) is 0 Å². The highest BCUT2D eigenvalue weighted by atomic mass is 32.2. The van der Waals surface area contributed by atoms with E-state index in [9.17, 15) is 26.4 Å². The fourth-order valence-corrected chi connectivity index (χ4v) is 5.22. The fraction of sp³-hybridized carbons (Fsp3) is 0.409. The molecule has 1 aliphatic rings. The molecule has 2 aromatic rings. The van der Waals surface area contributed by atoms with Crippen molar-refractivity contribution < 1.29 is 26.4 Å². The Balaban J connectivity index is 1.76. The first-order valence-electron chi connectivity index (χ1n) is 10.1. The average molecular weight is 455 g/mol. The van der Waals surface area contributed by atoms with Crippen LogP contribution < -0.4 is 10.0 Å². The number of sulfonamides is 1. The molecule has 2 unspecified atom stereocenters. The van der Waals surface area contributed by atoms with Crippen molar-refractivity contribution in [2.45, 2.75) is 50.6 Å². The Morgan fingerprint density at radius 3 is 2.39 bits per heavy atom. The molecule has 0 aromatic heterocycles. The molecule has 2 aromatic carbocycles. The van der Waals surface area contributed by atoms with Crippen LogP contribution in [0, 0.1) is 18.8 Å². The second kappa shape index (κ2) is 8.90. The van der Waals surface area contributed by atoms with Gasteiger partial charge in [-0.1, -0.05) is 25.8 Å². The summed E-state index contributed by atoms with van der Waals surface area (Å²) in [5, 5.41) is 2.86. The maximum Gasteiger partial charge on any atom is 0.416 e. The van der Waals surface area contributed by atoms with E-state index in [1.807, 2.05) is 0 Å². The number of hydrogen-bond acceptors (Lipinski definition) is 3. The molecule has 168 valence electrons. The molecule has 9 heteroatoms. The lowest BCUT2D eigenvalue weighted by Gasteiger charge is -2.27. The number of amides is 1. The van der Waals surface area contributed by atoms with Crippen LogP contribution in [0.4, 0.5) is 24.5 Å². The van der Waals surface area contributed by atoms with Crippen molar-refractivity contribution in [3.8, 4) is 0 Å². The highest BCUT2D eigenvalue weighted by molar-refractivity contribution is 7.92. The predicted molar refractivity (Wildman–Crippen MR) is 113 cm³/mol. The Morgan fingerprint density at radius 2 is 1.74 bits per heavy atom. The smallest absolute Gasteiger partial charge is 0.326 e. The van der Waals surface area contributed by atoms with Crippen molar-refractivity contribution in [1.29, 1.82) is 0 Å². The minimum Gasteiger partial charge on any atom is -0.326 e. The summed E-state index contributed by atoms with van der Waals surface area (Å²) in [6.07, 6.45) is -0.600. The first kappa shape index (κ1) is 23.1. The van der Waals surface area contributed by atoms with Gasteiger partial charge in [0, 0.05) is 17.3 Å². The fourth-order valence-electron chi connectivity index (χ4n) is 3.94. The molecule has 0 heterocycles. The number of benzene rings is 2. The minimum atomic E-state index is -4.58.